The van der Waals surface area contributed by atoms with Crippen molar-refractivity contribution in [2.75, 3.05) is 19.8 Å². The quantitative estimate of drug-likeness (QED) is 0.844. The molecule has 1 rings (SSSR count). The largest absolute Gasteiger partial charge is 0.480 e. The van der Waals surface area contributed by atoms with Gasteiger partial charge in [-0.3, -0.25) is 4.90 Å². The number of carbonyl (C=O) groups is 1. The Balaban J connectivity index is 2.62. The smallest absolute Gasteiger partial charge is 0.329 e. The molecule has 0 aromatic heterocycles. The number of rotatable bonds is 4. The van der Waals surface area contributed by atoms with Gasteiger partial charge < -0.3 is 9.84 Å². The van der Waals surface area contributed by atoms with Crippen molar-refractivity contribution in [3.8, 4) is 0 Å². The Bertz CT molecular complexity index is 302. The third kappa shape index (κ3) is 4.49. The number of alkyl halides is 2. The normalized spacial score (nSPS) is 25.1. The van der Waals surface area contributed by atoms with Gasteiger partial charge in [0.1, 0.15) is 6.61 Å². The molecule has 0 aromatic carbocycles. The zero-order valence-electron chi connectivity index (χ0n) is 11.1. The van der Waals surface area contributed by atoms with Crippen molar-refractivity contribution in [3.05, 3.63) is 0 Å². The number of ether oxygens (including phenoxy) is 1. The fourth-order valence-corrected chi connectivity index (χ4v) is 2.23. The Morgan fingerprint density at radius 1 is 1.50 bits per heavy atom. The van der Waals surface area contributed by atoms with Crippen LogP contribution in [0.3, 0.4) is 0 Å². The van der Waals surface area contributed by atoms with E-state index < -0.39 is 11.9 Å². The molecule has 0 radical (unpaired) electrons. The van der Waals surface area contributed by atoms with E-state index in [1.165, 1.54) is 0 Å². The lowest BCUT2D eigenvalue weighted by Gasteiger charge is -2.46. The minimum atomic E-state index is -2.67. The molecule has 0 saturated carbocycles. The molecular formula is C12H21F2NO3. The van der Waals surface area contributed by atoms with Gasteiger partial charge in [-0.15, -0.1) is 0 Å². The van der Waals surface area contributed by atoms with Crippen LogP contribution in [-0.4, -0.2) is 53.2 Å². The van der Waals surface area contributed by atoms with Crippen molar-refractivity contribution in [3.63, 3.8) is 0 Å². The highest BCUT2D eigenvalue weighted by molar-refractivity contribution is 5.67. The first-order chi connectivity index (χ1) is 8.12. The fourth-order valence-electron chi connectivity index (χ4n) is 2.23. The third-order valence-corrected chi connectivity index (χ3v) is 3.08. The highest BCUT2D eigenvalue weighted by atomic mass is 19.3. The predicted octanol–water partition coefficient (Wildman–Crippen LogP) is 1.99. The summed E-state index contributed by atoms with van der Waals surface area (Å²) in [4.78, 5) is 12.1. The Morgan fingerprint density at radius 2 is 2.11 bits per heavy atom. The van der Waals surface area contributed by atoms with Gasteiger partial charge in [-0.2, -0.15) is 0 Å². The zero-order chi connectivity index (χ0) is 14.0. The van der Waals surface area contributed by atoms with Gasteiger partial charge in [0.15, 0.2) is 0 Å². The molecular weight excluding hydrogens is 244 g/mol. The van der Waals surface area contributed by atoms with Gasteiger partial charge in [0.2, 0.25) is 0 Å². The van der Waals surface area contributed by atoms with Crippen molar-refractivity contribution < 1.29 is 23.4 Å². The van der Waals surface area contributed by atoms with E-state index in [4.69, 9.17) is 9.84 Å². The van der Waals surface area contributed by atoms with Crippen LogP contribution >= 0.6 is 0 Å². The molecule has 1 unspecified atom stereocenters. The van der Waals surface area contributed by atoms with Crippen LogP contribution < -0.4 is 0 Å². The molecule has 0 amide bonds. The predicted molar refractivity (Wildman–Crippen MR) is 62.9 cm³/mol. The van der Waals surface area contributed by atoms with Gasteiger partial charge in [0.05, 0.1) is 13.2 Å². The van der Waals surface area contributed by atoms with Crippen molar-refractivity contribution in [2.24, 2.45) is 0 Å². The van der Waals surface area contributed by atoms with E-state index in [1.54, 1.807) is 4.90 Å². The summed E-state index contributed by atoms with van der Waals surface area (Å²) in [7, 11) is 0. The van der Waals surface area contributed by atoms with E-state index in [2.05, 4.69) is 0 Å². The number of hydrogen-bond acceptors (Lipinski definition) is 3. The minimum Gasteiger partial charge on any atom is -0.480 e. The molecule has 1 N–H and O–H groups in total. The Kier molecular flexibility index (Phi) is 4.66. The second-order valence-corrected chi connectivity index (χ2v) is 5.76. The molecule has 0 aliphatic carbocycles. The van der Waals surface area contributed by atoms with Crippen LogP contribution in [0, 0.1) is 0 Å². The Labute approximate surface area is 106 Å². The molecule has 4 nitrogen and oxygen atoms in total. The van der Waals surface area contributed by atoms with Crippen molar-refractivity contribution in [1.82, 2.24) is 4.90 Å². The SMILES string of the molecule is CC(C)(C)N1CC(F)(F)CCC1COCC(=O)O. The average Bonchev–Trinajstić information content (AvgIpc) is 2.17. The third-order valence-electron chi connectivity index (χ3n) is 3.08. The van der Waals surface area contributed by atoms with Gasteiger partial charge in [0.25, 0.3) is 5.92 Å². The first-order valence-corrected chi connectivity index (χ1v) is 6.06. The summed E-state index contributed by atoms with van der Waals surface area (Å²) in [5.74, 6) is -3.71. The Morgan fingerprint density at radius 3 is 2.61 bits per heavy atom. The molecule has 1 heterocycles. The van der Waals surface area contributed by atoms with E-state index in [1.807, 2.05) is 20.8 Å². The second kappa shape index (κ2) is 5.48. The molecule has 1 saturated heterocycles. The van der Waals surface area contributed by atoms with Crippen LogP contribution in [0.25, 0.3) is 0 Å². The van der Waals surface area contributed by atoms with E-state index in [-0.39, 0.29) is 37.8 Å². The summed E-state index contributed by atoms with van der Waals surface area (Å²) in [5, 5.41) is 8.49. The summed E-state index contributed by atoms with van der Waals surface area (Å²) < 4.78 is 31.9. The van der Waals surface area contributed by atoms with E-state index in [0.717, 1.165) is 0 Å². The summed E-state index contributed by atoms with van der Waals surface area (Å²) in [6.45, 7) is 5.12. The van der Waals surface area contributed by atoms with Crippen molar-refractivity contribution in [1.29, 1.82) is 0 Å². The van der Waals surface area contributed by atoms with Crippen LogP contribution in [0.5, 0.6) is 0 Å². The van der Waals surface area contributed by atoms with Crippen LogP contribution in [0.15, 0.2) is 0 Å². The Hall–Kier alpha value is -0.750. The van der Waals surface area contributed by atoms with E-state index in [0.29, 0.717) is 6.42 Å². The van der Waals surface area contributed by atoms with E-state index >= 15 is 0 Å². The second-order valence-electron chi connectivity index (χ2n) is 5.76. The summed E-state index contributed by atoms with van der Waals surface area (Å²) in [6.07, 6.45) is 0.157. The number of halogens is 2. The number of carboxylic acids is 1. The monoisotopic (exact) mass is 265 g/mol. The fraction of sp³-hybridized carbons (Fsp3) is 0.917. The summed E-state index contributed by atoms with van der Waals surface area (Å²) >= 11 is 0. The molecule has 1 aliphatic heterocycles. The minimum absolute atomic E-state index is 0.149. The zero-order valence-corrected chi connectivity index (χ0v) is 11.1. The number of carboxylic acid groups (broad SMARTS) is 1. The highest BCUT2D eigenvalue weighted by Crippen LogP contribution is 2.34. The highest BCUT2D eigenvalue weighted by Gasteiger charge is 2.43. The molecule has 18 heavy (non-hydrogen) atoms. The number of nitrogens with zero attached hydrogens (tertiary/aromatic N) is 1. The maximum absolute atomic E-state index is 13.4. The number of likely N-dealkylation sites (tertiary alicyclic amines) is 1. The van der Waals surface area contributed by atoms with E-state index in [9.17, 15) is 13.6 Å². The lowest BCUT2D eigenvalue weighted by molar-refractivity contribution is -0.146. The molecule has 1 atom stereocenters. The number of piperidine rings is 1. The molecule has 6 heteroatoms. The molecule has 106 valence electrons. The molecule has 0 aromatic rings. The topological polar surface area (TPSA) is 49.8 Å². The van der Waals surface area contributed by atoms with Crippen molar-refractivity contribution >= 4 is 5.97 Å². The summed E-state index contributed by atoms with van der Waals surface area (Å²) in [5.41, 5.74) is -0.388. The van der Waals surface area contributed by atoms with Gasteiger partial charge in [-0.1, -0.05) is 0 Å². The maximum atomic E-state index is 13.4. The van der Waals surface area contributed by atoms with Gasteiger partial charge >= 0.3 is 5.97 Å². The molecule has 0 spiro atoms. The average molecular weight is 265 g/mol. The summed E-state index contributed by atoms with van der Waals surface area (Å²) in [6, 6.07) is -0.149. The van der Waals surface area contributed by atoms with Crippen molar-refractivity contribution in [2.45, 2.75) is 51.1 Å². The van der Waals surface area contributed by atoms with Crippen LogP contribution in [0.2, 0.25) is 0 Å². The van der Waals surface area contributed by atoms with Gasteiger partial charge in [-0.25, -0.2) is 13.6 Å². The first kappa shape index (κ1) is 15.3. The maximum Gasteiger partial charge on any atom is 0.329 e. The lowest BCUT2D eigenvalue weighted by atomic mass is 9.93. The van der Waals surface area contributed by atoms with Crippen LogP contribution in [-0.2, 0) is 9.53 Å². The van der Waals surface area contributed by atoms with Crippen LogP contribution in [0.1, 0.15) is 33.6 Å². The number of hydrogen-bond donors (Lipinski definition) is 1. The molecule has 0 bridgehead atoms. The van der Waals surface area contributed by atoms with Gasteiger partial charge in [0, 0.05) is 18.0 Å². The lowest BCUT2D eigenvalue weighted by Crippen LogP contribution is -2.57. The molecule has 1 aliphatic rings. The van der Waals surface area contributed by atoms with Crippen LogP contribution in [0.4, 0.5) is 8.78 Å². The number of aliphatic carboxylic acids is 1. The standard InChI is InChI=1S/C12H21F2NO3/c1-11(2,3)15-8-12(13,14)5-4-9(15)6-18-7-10(16)17/h9H,4-8H2,1-3H3,(H,16,17). The van der Waals surface area contributed by atoms with Gasteiger partial charge in [-0.05, 0) is 27.2 Å². The first-order valence-electron chi connectivity index (χ1n) is 6.06. The molecule has 1 fully saturated rings.